The summed E-state index contributed by atoms with van der Waals surface area (Å²) < 4.78 is 48.4. The quantitative estimate of drug-likeness (QED) is 0.790. The Morgan fingerprint density at radius 2 is 1.68 bits per heavy atom. The molecule has 0 saturated carbocycles. The summed E-state index contributed by atoms with van der Waals surface area (Å²) in [5.41, 5.74) is 0.311. The molecule has 25 heavy (non-hydrogen) atoms. The number of carbonyl (C=O) groups is 1. The summed E-state index contributed by atoms with van der Waals surface area (Å²) in [6, 6.07) is 5.75. The molecule has 0 bridgehead atoms. The molecular weight excluding hydrogens is 364 g/mol. The summed E-state index contributed by atoms with van der Waals surface area (Å²) in [5, 5.41) is 3.56. The van der Waals surface area contributed by atoms with Crippen LogP contribution in [0.5, 0.6) is 0 Å². The summed E-state index contributed by atoms with van der Waals surface area (Å²) in [6.07, 6.45) is 5.16. The molecule has 1 fully saturated rings. The normalized spacial score (nSPS) is 16.8. The number of hydrogen-bond acceptors (Lipinski definition) is 5. The average Bonchev–Trinajstić information content (AvgIpc) is 2.58. The van der Waals surface area contributed by atoms with Crippen LogP contribution < -0.4 is 5.32 Å². The molecule has 138 valence electrons. The minimum Gasteiger partial charge on any atom is -0.349 e. The Labute approximate surface area is 148 Å². The van der Waals surface area contributed by atoms with Crippen LogP contribution in [0.3, 0.4) is 0 Å². The number of piperidine rings is 1. The zero-order valence-electron chi connectivity index (χ0n) is 14.0. The number of sulfonamides is 1. The van der Waals surface area contributed by atoms with Crippen LogP contribution in [0, 0.1) is 0 Å². The van der Waals surface area contributed by atoms with Gasteiger partial charge < -0.3 is 5.32 Å². The van der Waals surface area contributed by atoms with Gasteiger partial charge in [0.15, 0.2) is 9.84 Å². The van der Waals surface area contributed by atoms with Crippen molar-refractivity contribution in [2.24, 2.45) is 0 Å². The Morgan fingerprint density at radius 3 is 2.24 bits per heavy atom. The van der Waals surface area contributed by atoms with Gasteiger partial charge in [0.1, 0.15) is 0 Å². The van der Waals surface area contributed by atoms with E-state index in [0.29, 0.717) is 18.7 Å². The third-order valence-electron chi connectivity index (χ3n) is 3.79. The first-order valence-corrected chi connectivity index (χ1v) is 11.3. The molecule has 0 atom stereocenters. The molecule has 1 aliphatic heterocycles. The lowest BCUT2D eigenvalue weighted by atomic mass is 10.2. The van der Waals surface area contributed by atoms with E-state index < -0.39 is 25.8 Å². The number of carbonyl (C=O) groups excluding carboxylic acids is 1. The van der Waals surface area contributed by atoms with Crippen LogP contribution >= 0.6 is 0 Å². The molecule has 2 rings (SSSR count). The van der Waals surface area contributed by atoms with Gasteiger partial charge in [-0.3, -0.25) is 4.79 Å². The van der Waals surface area contributed by atoms with Gasteiger partial charge in [-0.05, 0) is 37.1 Å². The molecule has 0 aliphatic carbocycles. The van der Waals surface area contributed by atoms with Gasteiger partial charge in [0.2, 0.25) is 10.0 Å². The van der Waals surface area contributed by atoms with Crippen LogP contribution in [0.25, 0.3) is 0 Å². The molecule has 1 aromatic rings. The molecule has 1 N–H and O–H groups in total. The van der Waals surface area contributed by atoms with E-state index in [1.54, 1.807) is 0 Å². The maximum Gasteiger partial charge on any atom is 0.251 e. The minimum absolute atomic E-state index is 0.0692. The summed E-state index contributed by atoms with van der Waals surface area (Å²) >= 11 is 0. The Kier molecular flexibility index (Phi) is 6.36. The second-order valence-electron chi connectivity index (χ2n) is 5.90. The lowest BCUT2D eigenvalue weighted by molar-refractivity contribution is 0.0958. The number of amides is 1. The third-order valence-corrected chi connectivity index (χ3v) is 6.39. The highest BCUT2D eigenvalue weighted by Gasteiger charge is 2.25. The topological polar surface area (TPSA) is 101 Å². The van der Waals surface area contributed by atoms with E-state index >= 15 is 0 Å². The Hall–Kier alpha value is -1.71. The number of hydrogen-bond donors (Lipinski definition) is 1. The van der Waals surface area contributed by atoms with Crippen LogP contribution in [0.4, 0.5) is 0 Å². The fourth-order valence-corrected chi connectivity index (χ4v) is 4.47. The first-order valence-electron chi connectivity index (χ1n) is 7.95. The number of benzene rings is 1. The predicted molar refractivity (Wildman–Crippen MR) is 95.4 cm³/mol. The molecule has 1 heterocycles. The highest BCUT2D eigenvalue weighted by Crippen LogP contribution is 2.20. The molecule has 1 amide bonds. The highest BCUT2D eigenvalue weighted by atomic mass is 32.2. The molecule has 0 radical (unpaired) electrons. The molecule has 7 nitrogen and oxygen atoms in total. The van der Waals surface area contributed by atoms with Gasteiger partial charge >= 0.3 is 0 Å². The zero-order valence-corrected chi connectivity index (χ0v) is 15.6. The Balaban J connectivity index is 2.01. The van der Waals surface area contributed by atoms with Gasteiger partial charge in [-0.2, -0.15) is 4.31 Å². The Morgan fingerprint density at radius 1 is 1.08 bits per heavy atom. The van der Waals surface area contributed by atoms with Crippen LogP contribution in [0.15, 0.2) is 40.6 Å². The van der Waals surface area contributed by atoms with Crippen LogP contribution in [-0.4, -0.2) is 52.9 Å². The largest absolute Gasteiger partial charge is 0.349 e. The highest BCUT2D eigenvalue weighted by molar-refractivity contribution is 7.93. The smallest absolute Gasteiger partial charge is 0.251 e. The minimum atomic E-state index is -3.52. The van der Waals surface area contributed by atoms with Crippen LogP contribution in [0.2, 0.25) is 0 Å². The fourth-order valence-electron chi connectivity index (χ4n) is 2.51. The predicted octanol–water partition coefficient (Wildman–Crippen LogP) is 1.15. The van der Waals surface area contributed by atoms with E-state index in [-0.39, 0.29) is 11.4 Å². The van der Waals surface area contributed by atoms with E-state index in [2.05, 4.69) is 5.32 Å². The molecule has 1 saturated heterocycles. The first kappa shape index (κ1) is 19.6. The van der Waals surface area contributed by atoms with Gasteiger partial charge in [0.05, 0.1) is 4.90 Å². The van der Waals surface area contributed by atoms with E-state index in [1.807, 2.05) is 0 Å². The van der Waals surface area contributed by atoms with E-state index in [9.17, 15) is 21.6 Å². The van der Waals surface area contributed by atoms with Gasteiger partial charge in [-0.1, -0.05) is 12.5 Å². The van der Waals surface area contributed by atoms with E-state index in [0.717, 1.165) is 30.9 Å². The molecule has 9 heteroatoms. The summed E-state index contributed by atoms with van der Waals surface area (Å²) in [6.45, 7) is 1.12. The molecule has 1 aliphatic rings. The number of nitrogens with zero attached hydrogens (tertiary/aromatic N) is 1. The lowest BCUT2D eigenvalue weighted by Gasteiger charge is -2.25. The molecule has 0 aromatic heterocycles. The van der Waals surface area contributed by atoms with Crippen molar-refractivity contribution in [1.29, 1.82) is 0 Å². The summed E-state index contributed by atoms with van der Waals surface area (Å²) in [7, 11) is -6.74. The Bertz CT molecular complexity index is 837. The van der Waals surface area contributed by atoms with Crippen molar-refractivity contribution < 1.29 is 21.6 Å². The van der Waals surface area contributed by atoms with Crippen LogP contribution in [0.1, 0.15) is 29.6 Å². The summed E-state index contributed by atoms with van der Waals surface area (Å²) in [5.74, 6) is -0.403. The van der Waals surface area contributed by atoms with Crippen molar-refractivity contribution in [1.82, 2.24) is 9.62 Å². The van der Waals surface area contributed by atoms with Crippen molar-refractivity contribution in [3.05, 3.63) is 41.3 Å². The van der Waals surface area contributed by atoms with Gasteiger partial charge in [-0.25, -0.2) is 16.8 Å². The van der Waals surface area contributed by atoms with Gasteiger partial charge in [0, 0.05) is 36.9 Å². The second-order valence-corrected chi connectivity index (χ2v) is 9.77. The van der Waals surface area contributed by atoms with Crippen molar-refractivity contribution in [2.75, 3.05) is 25.9 Å². The number of nitrogens with one attached hydrogen (secondary N) is 1. The lowest BCUT2D eigenvalue weighted by Crippen LogP contribution is -2.35. The average molecular weight is 386 g/mol. The van der Waals surface area contributed by atoms with Crippen LogP contribution in [-0.2, 0) is 19.9 Å². The SMILES string of the molecule is CS(=O)(=O)C=CCNC(=O)c1ccc(S(=O)(=O)N2CCCCC2)cc1. The second kappa shape index (κ2) is 8.11. The van der Waals surface area contributed by atoms with Crippen molar-refractivity contribution in [2.45, 2.75) is 24.2 Å². The van der Waals surface area contributed by atoms with Gasteiger partial charge in [-0.15, -0.1) is 0 Å². The van der Waals surface area contributed by atoms with Crippen molar-refractivity contribution in [3.63, 3.8) is 0 Å². The van der Waals surface area contributed by atoms with Gasteiger partial charge in [0.25, 0.3) is 5.91 Å². The third kappa shape index (κ3) is 5.65. The maximum atomic E-state index is 12.5. The van der Waals surface area contributed by atoms with E-state index in [4.69, 9.17) is 0 Å². The number of rotatable bonds is 6. The first-order chi connectivity index (χ1) is 11.7. The molecule has 0 spiro atoms. The van der Waals surface area contributed by atoms with Crippen molar-refractivity contribution >= 4 is 25.8 Å². The standard InChI is InChI=1S/C16H22N2O5S2/c1-24(20,21)13-5-10-17-16(19)14-6-8-15(9-7-14)25(22,23)18-11-3-2-4-12-18/h5-9,13H,2-4,10-12H2,1H3,(H,17,19). The van der Waals surface area contributed by atoms with E-state index in [1.165, 1.54) is 34.6 Å². The molecular formula is C16H22N2O5S2. The number of sulfone groups is 1. The monoisotopic (exact) mass is 386 g/mol. The summed E-state index contributed by atoms with van der Waals surface area (Å²) in [4.78, 5) is 12.1. The van der Waals surface area contributed by atoms with Crippen molar-refractivity contribution in [3.8, 4) is 0 Å². The fraction of sp³-hybridized carbons (Fsp3) is 0.438. The molecule has 1 aromatic carbocycles. The maximum absolute atomic E-state index is 12.5. The molecule has 0 unspecified atom stereocenters. The zero-order chi connectivity index (χ0) is 18.5.